The Labute approximate surface area is 115 Å². The van der Waals surface area contributed by atoms with Crippen molar-refractivity contribution >= 4 is 11.6 Å². The number of hydrogen-bond donors (Lipinski definition) is 3. The molecule has 0 radical (unpaired) electrons. The van der Waals surface area contributed by atoms with Crippen LogP contribution in [-0.2, 0) is 6.18 Å². The van der Waals surface area contributed by atoms with Gasteiger partial charge in [0.2, 0.25) is 0 Å². The number of anilines is 2. The second-order valence-corrected chi connectivity index (χ2v) is 5.33. The number of rotatable bonds is 5. The van der Waals surface area contributed by atoms with E-state index in [1.54, 1.807) is 0 Å². The normalized spacial score (nSPS) is 17.4. The number of hydrogen-bond acceptors (Lipinski definition) is 4. The monoisotopic (exact) mass is 288 g/mol. The number of halogens is 3. The van der Waals surface area contributed by atoms with E-state index in [1.165, 1.54) is 6.42 Å². The minimum Gasteiger partial charge on any atom is -0.369 e. The van der Waals surface area contributed by atoms with E-state index in [0.717, 1.165) is 31.4 Å². The van der Waals surface area contributed by atoms with Crippen molar-refractivity contribution in [1.29, 1.82) is 0 Å². The molecule has 1 aliphatic rings. The first kappa shape index (κ1) is 14.9. The summed E-state index contributed by atoms with van der Waals surface area (Å²) in [5.41, 5.74) is 1.61. The zero-order valence-electron chi connectivity index (χ0n) is 11.3. The molecular weight excluding hydrogens is 269 g/mol. The van der Waals surface area contributed by atoms with Gasteiger partial charge in [-0.1, -0.05) is 13.3 Å². The van der Waals surface area contributed by atoms with Gasteiger partial charge in [-0.3, -0.25) is 0 Å². The fraction of sp³-hybridized carbons (Fsp3) is 0.615. The second kappa shape index (κ2) is 5.47. The molecule has 1 aliphatic carbocycles. The van der Waals surface area contributed by atoms with Crippen molar-refractivity contribution in [2.75, 3.05) is 17.3 Å². The molecule has 0 spiro atoms. The first-order valence-electron chi connectivity index (χ1n) is 6.68. The fourth-order valence-corrected chi connectivity index (χ4v) is 2.47. The van der Waals surface area contributed by atoms with Gasteiger partial charge < -0.3 is 10.7 Å². The second-order valence-electron chi connectivity index (χ2n) is 5.33. The van der Waals surface area contributed by atoms with Crippen molar-refractivity contribution in [3.05, 3.63) is 17.7 Å². The van der Waals surface area contributed by atoms with Gasteiger partial charge in [-0.05, 0) is 36.8 Å². The quantitative estimate of drug-likeness (QED) is 0.574. The van der Waals surface area contributed by atoms with Crippen molar-refractivity contribution < 1.29 is 13.2 Å². The van der Waals surface area contributed by atoms with Gasteiger partial charge in [-0.2, -0.15) is 13.2 Å². The van der Waals surface area contributed by atoms with Crippen molar-refractivity contribution in [2.24, 2.45) is 11.3 Å². The summed E-state index contributed by atoms with van der Waals surface area (Å²) in [5, 5.41) is 3.02. The van der Waals surface area contributed by atoms with Gasteiger partial charge in [-0.15, -0.1) is 0 Å². The molecule has 0 unspecified atom stereocenters. The molecule has 0 aliphatic heterocycles. The van der Waals surface area contributed by atoms with Crippen LogP contribution in [0, 0.1) is 5.41 Å². The molecule has 1 fully saturated rings. The minimum atomic E-state index is -4.41. The molecule has 112 valence electrons. The number of hydrazine groups is 1. The lowest BCUT2D eigenvalue weighted by molar-refractivity contribution is -0.137. The maximum Gasteiger partial charge on any atom is 0.416 e. The first-order valence-corrected chi connectivity index (χ1v) is 6.68. The summed E-state index contributed by atoms with van der Waals surface area (Å²) in [6, 6.07) is 1.91. The molecule has 1 heterocycles. The van der Waals surface area contributed by atoms with Crippen LogP contribution in [0.15, 0.2) is 12.1 Å². The largest absolute Gasteiger partial charge is 0.416 e. The highest BCUT2D eigenvalue weighted by Gasteiger charge is 2.35. The molecule has 2 rings (SSSR count). The first-order chi connectivity index (χ1) is 9.38. The molecule has 4 N–H and O–H groups in total. The summed E-state index contributed by atoms with van der Waals surface area (Å²) in [5.74, 6) is 5.37. The van der Waals surface area contributed by atoms with Crippen LogP contribution in [0.3, 0.4) is 0 Å². The molecule has 0 saturated heterocycles. The lowest BCUT2D eigenvalue weighted by Gasteiger charge is -2.41. The Morgan fingerprint density at radius 3 is 2.40 bits per heavy atom. The Morgan fingerprint density at radius 1 is 1.30 bits per heavy atom. The molecule has 4 nitrogen and oxygen atoms in total. The van der Waals surface area contributed by atoms with Crippen molar-refractivity contribution in [3.8, 4) is 0 Å². The predicted molar refractivity (Wildman–Crippen MR) is 72.1 cm³/mol. The van der Waals surface area contributed by atoms with E-state index in [-0.39, 0.29) is 17.1 Å². The molecule has 0 aromatic carbocycles. The van der Waals surface area contributed by atoms with E-state index in [2.05, 4.69) is 22.7 Å². The topological polar surface area (TPSA) is 63.0 Å². The van der Waals surface area contributed by atoms with E-state index in [1.807, 2.05) is 0 Å². The number of aromatic nitrogens is 1. The van der Waals surface area contributed by atoms with Crippen LogP contribution in [0.2, 0.25) is 0 Å². The van der Waals surface area contributed by atoms with Crippen LogP contribution in [0.1, 0.15) is 38.2 Å². The summed E-state index contributed by atoms with van der Waals surface area (Å²) in [6.45, 7) is 2.75. The van der Waals surface area contributed by atoms with E-state index in [9.17, 15) is 13.2 Å². The molecule has 7 heteroatoms. The Balaban J connectivity index is 2.14. The molecule has 1 aromatic rings. The predicted octanol–water partition coefficient (Wildman–Crippen LogP) is 3.38. The smallest absolute Gasteiger partial charge is 0.369 e. The van der Waals surface area contributed by atoms with E-state index in [0.29, 0.717) is 6.54 Å². The molecule has 1 saturated carbocycles. The average molecular weight is 288 g/mol. The van der Waals surface area contributed by atoms with Gasteiger partial charge in [0.1, 0.15) is 11.6 Å². The Hall–Kier alpha value is -1.50. The lowest BCUT2D eigenvalue weighted by Crippen LogP contribution is -2.36. The van der Waals surface area contributed by atoms with E-state index < -0.39 is 11.7 Å². The highest BCUT2D eigenvalue weighted by Crippen LogP contribution is 2.43. The standard InChI is InChI=1S/C13H19F3N4/c1-2-12(4-3-5-12)8-18-10-6-9(13(14,15)16)7-11(19-10)20-17/h6-7H,2-5,8,17H2,1H3,(H2,18,19,20). The van der Waals surface area contributed by atoms with Crippen molar-refractivity contribution in [1.82, 2.24) is 4.98 Å². The molecule has 1 aromatic heterocycles. The SMILES string of the molecule is CCC1(CNc2cc(C(F)(F)F)cc(NN)n2)CCC1. The van der Waals surface area contributed by atoms with Crippen LogP contribution in [0.25, 0.3) is 0 Å². The maximum absolute atomic E-state index is 12.8. The van der Waals surface area contributed by atoms with Gasteiger partial charge in [-0.25, -0.2) is 10.8 Å². The highest BCUT2D eigenvalue weighted by atomic mass is 19.4. The van der Waals surface area contributed by atoms with Crippen LogP contribution in [-0.4, -0.2) is 11.5 Å². The van der Waals surface area contributed by atoms with E-state index in [4.69, 9.17) is 5.84 Å². The summed E-state index contributed by atoms with van der Waals surface area (Å²) in [6.07, 6.45) is 0.000894. The highest BCUT2D eigenvalue weighted by molar-refractivity contribution is 5.49. The van der Waals surface area contributed by atoms with Gasteiger partial charge in [0.25, 0.3) is 0 Å². The number of pyridine rings is 1. The van der Waals surface area contributed by atoms with Crippen LogP contribution < -0.4 is 16.6 Å². The Kier molecular flexibility index (Phi) is 4.08. The number of nitrogens with two attached hydrogens (primary N) is 1. The van der Waals surface area contributed by atoms with Crippen LogP contribution >= 0.6 is 0 Å². The molecular formula is C13H19F3N4. The van der Waals surface area contributed by atoms with Gasteiger partial charge in [0.15, 0.2) is 0 Å². The number of nitrogen functional groups attached to an aromatic ring is 1. The van der Waals surface area contributed by atoms with Crippen LogP contribution in [0.4, 0.5) is 24.8 Å². The molecule has 20 heavy (non-hydrogen) atoms. The number of nitrogens with zero attached hydrogens (tertiary/aromatic N) is 1. The third-order valence-electron chi connectivity index (χ3n) is 4.11. The summed E-state index contributed by atoms with van der Waals surface area (Å²) in [4.78, 5) is 4.01. The van der Waals surface area contributed by atoms with E-state index >= 15 is 0 Å². The van der Waals surface area contributed by atoms with Gasteiger partial charge in [0, 0.05) is 6.54 Å². The lowest BCUT2D eigenvalue weighted by atomic mass is 9.67. The number of nitrogens with one attached hydrogen (secondary N) is 2. The zero-order chi connectivity index (χ0) is 14.8. The third kappa shape index (κ3) is 3.15. The van der Waals surface area contributed by atoms with Crippen molar-refractivity contribution in [3.63, 3.8) is 0 Å². The van der Waals surface area contributed by atoms with Gasteiger partial charge >= 0.3 is 6.18 Å². The third-order valence-corrected chi connectivity index (χ3v) is 4.11. The Morgan fingerprint density at radius 2 is 1.95 bits per heavy atom. The Bertz CT molecular complexity index is 464. The summed E-state index contributed by atoms with van der Waals surface area (Å²) >= 11 is 0. The fourth-order valence-electron chi connectivity index (χ4n) is 2.47. The molecule has 0 amide bonds. The summed E-state index contributed by atoms with van der Waals surface area (Å²) < 4.78 is 38.3. The maximum atomic E-state index is 12.8. The number of alkyl halides is 3. The minimum absolute atomic E-state index is 0.00137. The van der Waals surface area contributed by atoms with Crippen molar-refractivity contribution in [2.45, 2.75) is 38.8 Å². The molecule has 0 atom stereocenters. The molecule has 0 bridgehead atoms. The van der Waals surface area contributed by atoms with Gasteiger partial charge in [0.05, 0.1) is 5.56 Å². The average Bonchev–Trinajstić information content (AvgIpc) is 2.36. The van der Waals surface area contributed by atoms with Crippen LogP contribution in [0.5, 0.6) is 0 Å². The zero-order valence-corrected chi connectivity index (χ0v) is 11.3. The summed E-state index contributed by atoms with van der Waals surface area (Å²) in [7, 11) is 0.